The molecule has 0 atom stereocenters. The highest BCUT2D eigenvalue weighted by Gasteiger charge is 2.25. The molecule has 6 N–H and O–H groups in total. The molecule has 1 saturated heterocycles. The summed E-state index contributed by atoms with van der Waals surface area (Å²) in [6, 6.07) is 7.95. The molecule has 0 aliphatic carbocycles. The van der Waals surface area contributed by atoms with Gasteiger partial charge in [0.25, 0.3) is 0 Å². The average molecular weight is 519 g/mol. The van der Waals surface area contributed by atoms with E-state index in [0.29, 0.717) is 64.9 Å². The maximum absolute atomic E-state index is 12.5. The van der Waals surface area contributed by atoms with Crippen molar-refractivity contribution in [3.63, 3.8) is 0 Å². The van der Waals surface area contributed by atoms with Crippen LogP contribution in [-0.2, 0) is 4.79 Å². The van der Waals surface area contributed by atoms with Crippen LogP contribution in [0.1, 0.15) is 0 Å². The van der Waals surface area contributed by atoms with Gasteiger partial charge in [-0.25, -0.2) is 15.0 Å². The molecule has 184 valence electrons. The first-order chi connectivity index (χ1) is 16.8. The SMILES string of the molecule is Nc1nc(NCCNc2ncc(N3CCNCC3=O)c(-c3ccc(Cl)cc3Cl)n2)ccc1N([O-])O. The van der Waals surface area contributed by atoms with Crippen molar-refractivity contribution in [2.24, 2.45) is 0 Å². The third kappa shape index (κ3) is 5.81. The highest BCUT2D eigenvalue weighted by molar-refractivity contribution is 6.36. The Morgan fingerprint density at radius 2 is 2.00 bits per heavy atom. The number of nitrogens with one attached hydrogen (secondary N) is 3. The molecule has 35 heavy (non-hydrogen) atoms. The summed E-state index contributed by atoms with van der Waals surface area (Å²) in [5, 5.41) is 29.7. The van der Waals surface area contributed by atoms with Crippen molar-refractivity contribution in [2.75, 3.05) is 59.2 Å². The summed E-state index contributed by atoms with van der Waals surface area (Å²) in [4.78, 5) is 27.2. The van der Waals surface area contributed by atoms with Gasteiger partial charge in [-0.3, -0.25) is 10.0 Å². The fourth-order valence-corrected chi connectivity index (χ4v) is 3.99. The van der Waals surface area contributed by atoms with Crippen LogP contribution < -0.4 is 31.8 Å². The molecule has 2 aromatic heterocycles. The van der Waals surface area contributed by atoms with Crippen molar-refractivity contribution in [1.82, 2.24) is 20.3 Å². The molecule has 0 saturated carbocycles. The van der Waals surface area contributed by atoms with Gasteiger partial charge < -0.3 is 37.0 Å². The molecule has 1 aliphatic heterocycles. The molecule has 12 nitrogen and oxygen atoms in total. The number of amides is 1. The lowest BCUT2D eigenvalue weighted by atomic mass is 10.1. The van der Waals surface area contributed by atoms with Crippen LogP contribution in [0.25, 0.3) is 11.3 Å². The second-order valence-electron chi connectivity index (χ2n) is 7.50. The van der Waals surface area contributed by atoms with Gasteiger partial charge in [-0.15, -0.1) is 0 Å². The van der Waals surface area contributed by atoms with Crippen molar-refractivity contribution in [2.45, 2.75) is 0 Å². The van der Waals surface area contributed by atoms with E-state index in [1.54, 1.807) is 29.3 Å². The third-order valence-electron chi connectivity index (χ3n) is 5.16. The molecule has 1 amide bonds. The minimum Gasteiger partial charge on any atom is -0.733 e. The topological polar surface area (TPSA) is 168 Å². The van der Waals surface area contributed by atoms with Gasteiger partial charge in [0.15, 0.2) is 5.82 Å². The summed E-state index contributed by atoms with van der Waals surface area (Å²) in [5.41, 5.74) is 7.20. The van der Waals surface area contributed by atoms with Gasteiger partial charge in [-0.1, -0.05) is 23.2 Å². The average Bonchev–Trinajstić information content (AvgIpc) is 2.82. The summed E-state index contributed by atoms with van der Waals surface area (Å²) in [6.45, 7) is 2.19. The van der Waals surface area contributed by atoms with Crippen LogP contribution >= 0.6 is 23.2 Å². The fourth-order valence-electron chi connectivity index (χ4n) is 3.49. The maximum atomic E-state index is 12.5. The summed E-state index contributed by atoms with van der Waals surface area (Å²) in [5.74, 6) is 0.572. The number of anilines is 5. The first kappa shape index (κ1) is 24.7. The first-order valence-electron chi connectivity index (χ1n) is 10.6. The second-order valence-corrected chi connectivity index (χ2v) is 8.34. The molecule has 4 rings (SSSR count). The summed E-state index contributed by atoms with van der Waals surface area (Å²) >= 11 is 12.5. The van der Waals surface area contributed by atoms with E-state index in [1.165, 1.54) is 12.1 Å². The van der Waals surface area contributed by atoms with Crippen LogP contribution in [0, 0.1) is 5.21 Å². The molecule has 1 aromatic carbocycles. The van der Waals surface area contributed by atoms with E-state index in [-0.39, 0.29) is 29.2 Å². The number of nitrogens with two attached hydrogens (primary N) is 1. The highest BCUT2D eigenvalue weighted by Crippen LogP contribution is 2.36. The van der Waals surface area contributed by atoms with E-state index in [4.69, 9.17) is 34.1 Å². The Morgan fingerprint density at radius 1 is 1.20 bits per heavy atom. The zero-order valence-electron chi connectivity index (χ0n) is 18.3. The van der Waals surface area contributed by atoms with E-state index < -0.39 is 0 Å². The molecule has 1 fully saturated rings. The van der Waals surface area contributed by atoms with Crippen molar-refractivity contribution in [3.8, 4) is 11.3 Å². The molecule has 3 heterocycles. The lowest BCUT2D eigenvalue weighted by Crippen LogP contribution is -2.48. The predicted octanol–water partition coefficient (Wildman–Crippen LogP) is 2.58. The number of pyridine rings is 1. The Bertz CT molecular complexity index is 1230. The number of halogens is 2. The molecule has 1 aliphatic rings. The number of benzene rings is 1. The van der Waals surface area contributed by atoms with Crippen LogP contribution in [0.3, 0.4) is 0 Å². The zero-order chi connectivity index (χ0) is 24.9. The number of piperazine rings is 1. The van der Waals surface area contributed by atoms with Crippen molar-refractivity contribution in [1.29, 1.82) is 0 Å². The third-order valence-corrected chi connectivity index (χ3v) is 5.71. The van der Waals surface area contributed by atoms with E-state index in [2.05, 4.69) is 30.9 Å². The Labute approximate surface area is 210 Å². The minimum absolute atomic E-state index is 0.0878. The number of nitrogen functional groups attached to an aromatic ring is 1. The molecule has 3 aromatic rings. The molecule has 0 unspecified atom stereocenters. The number of carbonyl (C=O) groups excluding carboxylic acids is 1. The van der Waals surface area contributed by atoms with Gasteiger partial charge in [0.05, 0.1) is 29.1 Å². The van der Waals surface area contributed by atoms with E-state index in [9.17, 15) is 10.0 Å². The summed E-state index contributed by atoms with van der Waals surface area (Å²) < 4.78 is 0. The second kappa shape index (κ2) is 10.9. The van der Waals surface area contributed by atoms with Gasteiger partial charge in [0.1, 0.15) is 11.5 Å². The van der Waals surface area contributed by atoms with Gasteiger partial charge in [-0.2, -0.15) is 0 Å². The van der Waals surface area contributed by atoms with Crippen LogP contribution in [0.5, 0.6) is 0 Å². The number of aromatic nitrogens is 3. The van der Waals surface area contributed by atoms with Crippen molar-refractivity contribution < 1.29 is 10.0 Å². The van der Waals surface area contributed by atoms with E-state index >= 15 is 0 Å². The quantitative estimate of drug-likeness (QED) is 0.219. The number of rotatable bonds is 8. The molecule has 14 heteroatoms. The molecule has 0 spiro atoms. The van der Waals surface area contributed by atoms with Crippen LogP contribution in [0.2, 0.25) is 10.0 Å². The lowest BCUT2D eigenvalue weighted by Gasteiger charge is -2.28. The molecular formula is C21H22Cl2N9O3-. The predicted molar refractivity (Wildman–Crippen MR) is 136 cm³/mol. The zero-order valence-corrected chi connectivity index (χ0v) is 19.8. The fraction of sp³-hybridized carbons (Fsp3) is 0.238. The first-order valence-corrected chi connectivity index (χ1v) is 11.3. The van der Waals surface area contributed by atoms with E-state index in [0.717, 1.165) is 0 Å². The minimum atomic E-state index is -0.340. The Balaban J connectivity index is 1.50. The standard InChI is InChI=1S/C21H22Cl2N9O3/c22-12-1-2-13(14(23)9-12)19-16(31-8-7-25-11-18(31)33)10-28-21(30-19)27-6-5-26-17-4-3-15(32(34)35)20(24)29-17/h1-4,9-10,25,34H,5-8,11H2,(H3,24,26,29)(H,27,28,30)/q-1. The monoisotopic (exact) mass is 518 g/mol. The molecule has 0 bridgehead atoms. The van der Waals surface area contributed by atoms with Crippen molar-refractivity contribution in [3.05, 3.63) is 51.8 Å². The number of carbonyl (C=O) groups is 1. The van der Waals surface area contributed by atoms with Crippen LogP contribution in [-0.4, -0.2) is 58.8 Å². The van der Waals surface area contributed by atoms with Gasteiger partial charge in [0, 0.05) is 36.8 Å². The largest absolute Gasteiger partial charge is 0.733 e. The van der Waals surface area contributed by atoms with E-state index in [1.807, 2.05) is 0 Å². The van der Waals surface area contributed by atoms with Gasteiger partial charge in [-0.05, 0) is 30.3 Å². The van der Waals surface area contributed by atoms with Crippen LogP contribution in [0.15, 0.2) is 36.5 Å². The summed E-state index contributed by atoms with van der Waals surface area (Å²) in [6.07, 6.45) is 1.59. The van der Waals surface area contributed by atoms with Gasteiger partial charge in [0.2, 0.25) is 11.9 Å². The smallest absolute Gasteiger partial charge is 0.241 e. The molecular weight excluding hydrogens is 497 g/mol. The van der Waals surface area contributed by atoms with Crippen LogP contribution in [0.4, 0.5) is 29.0 Å². The number of hydrogen-bond donors (Lipinski definition) is 5. The highest BCUT2D eigenvalue weighted by atomic mass is 35.5. The number of hydrogen-bond acceptors (Lipinski definition) is 11. The number of nitrogens with zero attached hydrogens (tertiary/aromatic N) is 5. The Morgan fingerprint density at radius 3 is 2.71 bits per heavy atom. The Kier molecular flexibility index (Phi) is 7.68. The molecule has 0 radical (unpaired) electrons. The summed E-state index contributed by atoms with van der Waals surface area (Å²) in [7, 11) is 0. The Hall–Kier alpha value is -3.42. The van der Waals surface area contributed by atoms with Crippen molar-refractivity contribution >= 4 is 58.1 Å². The van der Waals surface area contributed by atoms with Gasteiger partial charge >= 0.3 is 0 Å². The normalized spacial score (nSPS) is 13.6. The maximum Gasteiger partial charge on any atom is 0.241 e. The lowest BCUT2D eigenvalue weighted by molar-refractivity contribution is -0.118.